The molecule has 5 heteroatoms. The van der Waals surface area contributed by atoms with Crippen LogP contribution < -0.4 is 4.74 Å². The Balaban J connectivity index is 1.49. The summed E-state index contributed by atoms with van der Waals surface area (Å²) in [7, 11) is 0. The van der Waals surface area contributed by atoms with Gasteiger partial charge in [0.2, 0.25) is 0 Å². The topological polar surface area (TPSA) is 60.7 Å². The molecule has 5 nitrogen and oxygen atoms in total. The summed E-state index contributed by atoms with van der Waals surface area (Å²) in [6, 6.07) is 28.0. The van der Waals surface area contributed by atoms with Gasteiger partial charge in [-0.3, -0.25) is 0 Å². The number of benzene rings is 3. The monoisotopic (exact) mass is 401 g/mol. The number of fused-ring (bicyclic) bond motifs is 1. The maximum Gasteiger partial charge on any atom is 0.341 e. The van der Waals surface area contributed by atoms with Crippen molar-refractivity contribution in [2.24, 2.45) is 0 Å². The summed E-state index contributed by atoms with van der Waals surface area (Å²) in [5.41, 5.74) is 3.22. The summed E-state index contributed by atoms with van der Waals surface area (Å²) in [5, 5.41) is 9.75. The molecule has 0 bridgehead atoms. The first-order valence-electron chi connectivity index (χ1n) is 9.86. The largest absolute Gasteiger partial charge is 0.481 e. The highest BCUT2D eigenvalue weighted by molar-refractivity contribution is 5.86. The van der Waals surface area contributed by atoms with Gasteiger partial charge in [-0.15, -0.1) is 0 Å². The van der Waals surface area contributed by atoms with Crippen LogP contribution in [-0.2, 0) is 16.1 Å². The molecule has 1 N–H and O–H groups in total. The molecule has 0 saturated heterocycles. The van der Waals surface area contributed by atoms with Gasteiger partial charge in [-0.2, -0.15) is 0 Å². The van der Waals surface area contributed by atoms with E-state index in [-0.39, 0.29) is 12.7 Å². The first-order valence-corrected chi connectivity index (χ1v) is 9.86. The molecular weight excluding hydrogens is 378 g/mol. The van der Waals surface area contributed by atoms with Crippen LogP contribution in [0.1, 0.15) is 17.2 Å². The van der Waals surface area contributed by atoms with Gasteiger partial charge in [-0.25, -0.2) is 4.79 Å². The molecular formula is C25H23NO4. The molecule has 30 heavy (non-hydrogen) atoms. The van der Waals surface area contributed by atoms with E-state index in [9.17, 15) is 4.79 Å². The van der Waals surface area contributed by atoms with Gasteiger partial charge in [0.25, 0.3) is 0 Å². The Hall–Kier alpha value is -3.57. The van der Waals surface area contributed by atoms with Gasteiger partial charge >= 0.3 is 5.97 Å². The average molecular weight is 401 g/mol. The second-order valence-electron chi connectivity index (χ2n) is 6.95. The summed E-state index contributed by atoms with van der Waals surface area (Å²) in [6.07, 6.45) is 1.84. The number of carboxylic acids is 1. The second-order valence-corrected chi connectivity index (χ2v) is 6.95. The van der Waals surface area contributed by atoms with Gasteiger partial charge in [-0.1, -0.05) is 66.7 Å². The van der Waals surface area contributed by atoms with Gasteiger partial charge in [0.15, 0.2) is 6.61 Å². The van der Waals surface area contributed by atoms with E-state index >= 15 is 0 Å². The van der Waals surface area contributed by atoms with Gasteiger partial charge < -0.3 is 19.1 Å². The lowest BCUT2D eigenvalue weighted by atomic mass is 10.0. The Morgan fingerprint density at radius 2 is 1.53 bits per heavy atom. The number of hydrogen-bond acceptors (Lipinski definition) is 3. The summed E-state index contributed by atoms with van der Waals surface area (Å²) < 4.78 is 13.8. The molecule has 0 spiro atoms. The molecule has 3 aromatic carbocycles. The minimum atomic E-state index is -0.993. The quantitative estimate of drug-likeness (QED) is 0.433. The number of nitrogens with zero attached hydrogens (tertiary/aromatic N) is 1. The fraction of sp³-hybridized carbons (Fsp3) is 0.160. The highest BCUT2D eigenvalue weighted by atomic mass is 16.5. The SMILES string of the molecule is O=C(O)COc1cccc2c1ccn2CCOC(c1ccccc1)c1ccccc1. The van der Waals surface area contributed by atoms with Gasteiger partial charge in [-0.05, 0) is 29.3 Å². The minimum Gasteiger partial charge on any atom is -0.481 e. The van der Waals surface area contributed by atoms with Gasteiger partial charge in [0.1, 0.15) is 11.9 Å². The number of aliphatic carboxylic acids is 1. The maximum absolute atomic E-state index is 10.8. The molecule has 0 fully saturated rings. The van der Waals surface area contributed by atoms with Gasteiger partial charge in [0, 0.05) is 18.1 Å². The van der Waals surface area contributed by atoms with Crippen LogP contribution in [0.5, 0.6) is 5.75 Å². The lowest BCUT2D eigenvalue weighted by molar-refractivity contribution is -0.139. The Kier molecular flexibility index (Phi) is 6.11. The first-order chi connectivity index (χ1) is 14.7. The normalized spacial score (nSPS) is 11.1. The van der Waals surface area contributed by atoms with Crippen molar-refractivity contribution in [3.05, 3.63) is 102 Å². The molecule has 0 atom stereocenters. The van der Waals surface area contributed by atoms with E-state index in [0.29, 0.717) is 18.9 Å². The Labute approximate surface area is 175 Å². The van der Waals surface area contributed by atoms with Crippen molar-refractivity contribution >= 4 is 16.9 Å². The van der Waals surface area contributed by atoms with E-state index in [2.05, 4.69) is 28.8 Å². The lowest BCUT2D eigenvalue weighted by Crippen LogP contribution is -2.11. The number of ether oxygens (including phenoxy) is 2. The number of carbonyl (C=O) groups is 1. The third-order valence-electron chi connectivity index (χ3n) is 4.95. The maximum atomic E-state index is 10.8. The average Bonchev–Trinajstić information content (AvgIpc) is 3.20. The van der Waals surface area contributed by atoms with Gasteiger partial charge in [0.05, 0.1) is 12.1 Å². The molecule has 0 aliphatic heterocycles. The zero-order valence-electron chi connectivity index (χ0n) is 16.5. The minimum absolute atomic E-state index is 0.135. The van der Waals surface area contributed by atoms with E-state index in [1.807, 2.05) is 60.8 Å². The van der Waals surface area contributed by atoms with Crippen LogP contribution in [0.15, 0.2) is 91.1 Å². The summed E-state index contributed by atoms with van der Waals surface area (Å²) in [4.78, 5) is 10.8. The zero-order chi connectivity index (χ0) is 20.8. The van der Waals surface area contributed by atoms with E-state index < -0.39 is 5.97 Å². The van der Waals surface area contributed by atoms with Crippen molar-refractivity contribution in [2.75, 3.05) is 13.2 Å². The van der Waals surface area contributed by atoms with Crippen LogP contribution in [0.25, 0.3) is 10.9 Å². The van der Waals surface area contributed by atoms with Crippen LogP contribution in [0.4, 0.5) is 0 Å². The highest BCUT2D eigenvalue weighted by Crippen LogP contribution is 2.28. The first kappa shape index (κ1) is 19.7. The predicted molar refractivity (Wildman–Crippen MR) is 116 cm³/mol. The standard InChI is InChI=1S/C25H23NO4/c27-24(28)18-30-23-13-7-12-22-21(23)14-15-26(22)16-17-29-25(19-8-3-1-4-9-19)20-10-5-2-6-11-20/h1-15,25H,16-18H2,(H,27,28). The highest BCUT2D eigenvalue weighted by Gasteiger charge is 2.15. The molecule has 0 unspecified atom stereocenters. The van der Waals surface area contributed by atoms with Crippen LogP contribution in [0, 0.1) is 0 Å². The van der Waals surface area contributed by atoms with Crippen LogP contribution in [0.3, 0.4) is 0 Å². The summed E-state index contributed by atoms with van der Waals surface area (Å²) >= 11 is 0. The zero-order valence-corrected chi connectivity index (χ0v) is 16.5. The van der Waals surface area contributed by atoms with Crippen molar-refractivity contribution < 1.29 is 19.4 Å². The third kappa shape index (κ3) is 4.53. The molecule has 0 aliphatic carbocycles. The molecule has 0 aliphatic rings. The lowest BCUT2D eigenvalue weighted by Gasteiger charge is -2.19. The molecule has 1 heterocycles. The Morgan fingerprint density at radius 1 is 0.867 bits per heavy atom. The smallest absolute Gasteiger partial charge is 0.341 e. The molecule has 152 valence electrons. The predicted octanol–water partition coefficient (Wildman–Crippen LogP) is 4.91. The number of aromatic nitrogens is 1. The van der Waals surface area contributed by atoms with E-state index in [4.69, 9.17) is 14.6 Å². The molecule has 4 rings (SSSR count). The summed E-state index contributed by atoms with van der Waals surface area (Å²) in [6.45, 7) is 0.837. The fourth-order valence-corrected chi connectivity index (χ4v) is 3.57. The number of rotatable bonds is 9. The van der Waals surface area contributed by atoms with Crippen LogP contribution in [0.2, 0.25) is 0 Å². The third-order valence-corrected chi connectivity index (χ3v) is 4.95. The Morgan fingerprint density at radius 3 is 2.17 bits per heavy atom. The fourth-order valence-electron chi connectivity index (χ4n) is 3.57. The van der Waals surface area contributed by atoms with Crippen molar-refractivity contribution in [3.8, 4) is 5.75 Å². The summed E-state index contributed by atoms with van der Waals surface area (Å²) in [5.74, 6) is -0.422. The molecule has 0 radical (unpaired) electrons. The molecule has 1 aromatic heterocycles. The van der Waals surface area contributed by atoms with Crippen molar-refractivity contribution in [3.63, 3.8) is 0 Å². The number of carboxylic acid groups (broad SMARTS) is 1. The molecule has 0 saturated carbocycles. The van der Waals surface area contributed by atoms with Crippen molar-refractivity contribution in [1.29, 1.82) is 0 Å². The molecule has 0 amide bonds. The van der Waals surface area contributed by atoms with Crippen molar-refractivity contribution in [1.82, 2.24) is 4.57 Å². The number of hydrogen-bond donors (Lipinski definition) is 1. The second kappa shape index (κ2) is 9.29. The van der Waals surface area contributed by atoms with Crippen molar-refractivity contribution in [2.45, 2.75) is 12.6 Å². The van der Waals surface area contributed by atoms with E-state index in [0.717, 1.165) is 22.0 Å². The van der Waals surface area contributed by atoms with E-state index in [1.165, 1.54) is 0 Å². The van der Waals surface area contributed by atoms with Crippen LogP contribution >= 0.6 is 0 Å². The van der Waals surface area contributed by atoms with E-state index in [1.54, 1.807) is 6.07 Å². The Bertz CT molecular complexity index is 1070. The molecule has 4 aromatic rings. The van der Waals surface area contributed by atoms with Crippen LogP contribution in [-0.4, -0.2) is 28.9 Å².